The van der Waals surface area contributed by atoms with Gasteiger partial charge in [-0.15, -0.1) is 0 Å². The zero-order chi connectivity index (χ0) is 21.1. The Morgan fingerprint density at radius 3 is 2.77 bits per heavy atom. The molecule has 0 bridgehead atoms. The molecule has 3 aromatic rings. The Bertz CT molecular complexity index is 1070. The molecule has 2 heterocycles. The normalized spacial score (nSPS) is 17.1. The first kappa shape index (κ1) is 20.4. The Labute approximate surface area is 176 Å². The van der Waals surface area contributed by atoms with Crippen molar-refractivity contribution in [1.82, 2.24) is 10.2 Å². The van der Waals surface area contributed by atoms with E-state index in [1.165, 1.54) is 0 Å². The van der Waals surface area contributed by atoms with Crippen LogP contribution in [-0.4, -0.2) is 43.0 Å². The van der Waals surface area contributed by atoms with E-state index in [9.17, 15) is 9.59 Å². The molecule has 1 aliphatic heterocycles. The molecule has 1 aliphatic rings. The summed E-state index contributed by atoms with van der Waals surface area (Å²) in [5.74, 6) is 0.00815. The van der Waals surface area contributed by atoms with E-state index in [0.29, 0.717) is 19.4 Å². The number of amides is 2. The summed E-state index contributed by atoms with van der Waals surface area (Å²) in [6.07, 6.45) is 3.49. The van der Waals surface area contributed by atoms with Crippen LogP contribution in [0.25, 0.3) is 21.7 Å². The third-order valence-corrected chi connectivity index (χ3v) is 5.95. The average molecular weight is 408 g/mol. The highest BCUT2D eigenvalue weighted by Gasteiger charge is 2.30. The Kier molecular flexibility index (Phi) is 6.04. The third kappa shape index (κ3) is 4.05. The van der Waals surface area contributed by atoms with Crippen molar-refractivity contribution in [3.8, 4) is 5.75 Å². The number of fused-ring (bicyclic) bond motifs is 3. The molecule has 1 saturated heterocycles. The summed E-state index contributed by atoms with van der Waals surface area (Å²) in [5.41, 5.74) is 1.59. The number of nitrogens with one attached hydrogen (secondary N) is 1. The summed E-state index contributed by atoms with van der Waals surface area (Å²) in [7, 11) is 0. The molecule has 0 spiro atoms. The quantitative estimate of drug-likeness (QED) is 0.446. The van der Waals surface area contributed by atoms with E-state index < -0.39 is 0 Å². The highest BCUT2D eigenvalue weighted by atomic mass is 16.5. The molecule has 2 aromatic carbocycles. The molecule has 0 aliphatic carbocycles. The molecule has 6 nitrogen and oxygen atoms in total. The van der Waals surface area contributed by atoms with Gasteiger partial charge in [0.25, 0.3) is 0 Å². The fraction of sp³-hybridized carbons (Fsp3) is 0.417. The lowest BCUT2D eigenvalue weighted by molar-refractivity contribution is -0.134. The fourth-order valence-electron chi connectivity index (χ4n) is 4.22. The maximum Gasteiger partial charge on any atom is 0.234 e. The zero-order valence-corrected chi connectivity index (χ0v) is 17.6. The van der Waals surface area contributed by atoms with Gasteiger partial charge in [-0.2, -0.15) is 0 Å². The van der Waals surface area contributed by atoms with Crippen LogP contribution >= 0.6 is 0 Å². The number of furan rings is 1. The lowest BCUT2D eigenvalue weighted by Gasteiger charge is -2.20. The summed E-state index contributed by atoms with van der Waals surface area (Å²) in [4.78, 5) is 26.3. The molecule has 1 unspecified atom stereocenters. The second kappa shape index (κ2) is 8.88. The van der Waals surface area contributed by atoms with Crippen LogP contribution in [0.3, 0.4) is 0 Å². The van der Waals surface area contributed by atoms with Crippen molar-refractivity contribution >= 4 is 33.6 Å². The molecule has 1 fully saturated rings. The fourth-order valence-corrected chi connectivity index (χ4v) is 4.22. The molecule has 6 heteroatoms. The first-order valence-corrected chi connectivity index (χ1v) is 10.7. The number of hydrogen-bond donors (Lipinski definition) is 1. The lowest BCUT2D eigenvalue weighted by atomic mass is 9.89. The van der Waals surface area contributed by atoms with Crippen molar-refractivity contribution in [2.24, 2.45) is 0 Å². The van der Waals surface area contributed by atoms with Gasteiger partial charge < -0.3 is 14.1 Å². The molecule has 30 heavy (non-hydrogen) atoms. The number of imide groups is 1. The summed E-state index contributed by atoms with van der Waals surface area (Å²) in [6, 6.07) is 9.98. The van der Waals surface area contributed by atoms with Gasteiger partial charge in [-0.3, -0.25) is 14.9 Å². The number of benzene rings is 2. The Morgan fingerprint density at radius 1 is 1.17 bits per heavy atom. The van der Waals surface area contributed by atoms with Gasteiger partial charge in [0.05, 0.1) is 18.8 Å². The molecule has 158 valence electrons. The Hall–Kier alpha value is -2.86. The number of piperidine rings is 1. The maximum absolute atomic E-state index is 12.4. The number of hydrogen-bond acceptors (Lipinski definition) is 5. The van der Waals surface area contributed by atoms with Gasteiger partial charge in [-0.1, -0.05) is 19.9 Å². The van der Waals surface area contributed by atoms with Crippen LogP contribution in [0.4, 0.5) is 0 Å². The van der Waals surface area contributed by atoms with Gasteiger partial charge in [-0.05, 0) is 61.0 Å². The Balaban J connectivity index is 1.56. The molecule has 2 amide bonds. The van der Waals surface area contributed by atoms with Crippen molar-refractivity contribution in [2.45, 2.75) is 39.0 Å². The minimum absolute atomic E-state index is 0.211. The Morgan fingerprint density at radius 2 is 2.00 bits per heavy atom. The summed E-state index contributed by atoms with van der Waals surface area (Å²) in [6.45, 7) is 8.18. The number of ether oxygens (including phenoxy) is 1. The lowest BCUT2D eigenvalue weighted by Crippen LogP contribution is -2.39. The monoisotopic (exact) mass is 408 g/mol. The van der Waals surface area contributed by atoms with Crippen LogP contribution in [0, 0.1) is 0 Å². The molecule has 1 atom stereocenters. The second-order valence-electron chi connectivity index (χ2n) is 7.75. The topological polar surface area (TPSA) is 71.8 Å². The highest BCUT2D eigenvalue weighted by Crippen LogP contribution is 2.37. The average Bonchev–Trinajstić information content (AvgIpc) is 3.18. The largest absolute Gasteiger partial charge is 0.494 e. The minimum atomic E-state index is -0.370. The van der Waals surface area contributed by atoms with E-state index in [2.05, 4.69) is 24.1 Å². The highest BCUT2D eigenvalue weighted by molar-refractivity contribution is 6.10. The zero-order valence-electron chi connectivity index (χ0n) is 17.6. The predicted octanol–water partition coefficient (Wildman–Crippen LogP) is 4.22. The van der Waals surface area contributed by atoms with E-state index in [-0.39, 0.29) is 17.7 Å². The SMILES string of the molecule is CCN(CC)CCCOc1ccc2c(ccc3occ(C4CCC(=O)NC4=O)c32)c1. The van der Waals surface area contributed by atoms with Crippen molar-refractivity contribution in [1.29, 1.82) is 0 Å². The molecule has 4 rings (SSSR count). The van der Waals surface area contributed by atoms with Crippen molar-refractivity contribution in [3.63, 3.8) is 0 Å². The third-order valence-electron chi connectivity index (χ3n) is 5.95. The van der Waals surface area contributed by atoms with Crippen molar-refractivity contribution in [3.05, 3.63) is 42.2 Å². The number of nitrogens with zero attached hydrogens (tertiary/aromatic N) is 1. The smallest absolute Gasteiger partial charge is 0.234 e. The van der Waals surface area contributed by atoms with Crippen molar-refractivity contribution < 1.29 is 18.7 Å². The van der Waals surface area contributed by atoms with Crippen LogP contribution < -0.4 is 10.1 Å². The first-order valence-electron chi connectivity index (χ1n) is 10.7. The van der Waals surface area contributed by atoms with Gasteiger partial charge in [0.1, 0.15) is 11.3 Å². The van der Waals surface area contributed by atoms with E-state index in [1.807, 2.05) is 30.3 Å². The molecule has 1 aromatic heterocycles. The van der Waals surface area contributed by atoms with E-state index in [4.69, 9.17) is 9.15 Å². The summed E-state index contributed by atoms with van der Waals surface area (Å²) >= 11 is 0. The standard InChI is InChI=1S/C24H28N2O4/c1-3-26(4-2)12-5-13-29-17-7-8-18-16(14-17)6-10-21-23(18)20(15-30-21)19-9-11-22(27)25-24(19)28/h6-8,10,14-15,19H,3-5,9,11-13H2,1-2H3,(H,25,27,28). The van der Waals surface area contributed by atoms with Gasteiger partial charge >= 0.3 is 0 Å². The summed E-state index contributed by atoms with van der Waals surface area (Å²) in [5, 5.41) is 5.45. The maximum atomic E-state index is 12.4. The van der Waals surface area contributed by atoms with Gasteiger partial charge in [-0.25, -0.2) is 0 Å². The predicted molar refractivity (Wildman–Crippen MR) is 117 cm³/mol. The van der Waals surface area contributed by atoms with Crippen LogP contribution in [0.15, 0.2) is 41.0 Å². The molecular formula is C24H28N2O4. The number of rotatable bonds is 8. The van der Waals surface area contributed by atoms with Crippen molar-refractivity contribution in [2.75, 3.05) is 26.2 Å². The van der Waals surface area contributed by atoms with Gasteiger partial charge in [0.15, 0.2) is 0 Å². The molecular weight excluding hydrogens is 380 g/mol. The van der Waals surface area contributed by atoms with Crippen LogP contribution in [0.1, 0.15) is 44.6 Å². The van der Waals surface area contributed by atoms with Crippen LogP contribution in [0.5, 0.6) is 5.75 Å². The number of carbonyl (C=O) groups is 2. The molecule has 1 N–H and O–H groups in total. The summed E-state index contributed by atoms with van der Waals surface area (Å²) < 4.78 is 11.7. The van der Waals surface area contributed by atoms with Gasteiger partial charge in [0.2, 0.25) is 11.8 Å². The van der Waals surface area contributed by atoms with Crippen LogP contribution in [0.2, 0.25) is 0 Å². The van der Waals surface area contributed by atoms with E-state index in [1.54, 1.807) is 6.26 Å². The molecule has 0 radical (unpaired) electrons. The van der Waals surface area contributed by atoms with Crippen LogP contribution in [-0.2, 0) is 9.59 Å². The van der Waals surface area contributed by atoms with E-state index >= 15 is 0 Å². The number of carbonyl (C=O) groups excluding carboxylic acids is 2. The first-order chi connectivity index (χ1) is 14.6. The second-order valence-corrected chi connectivity index (χ2v) is 7.75. The minimum Gasteiger partial charge on any atom is -0.494 e. The van der Waals surface area contributed by atoms with E-state index in [0.717, 1.165) is 59.1 Å². The van der Waals surface area contributed by atoms with Gasteiger partial charge in [0, 0.05) is 23.9 Å². The molecule has 0 saturated carbocycles.